The van der Waals surface area contributed by atoms with Crippen molar-refractivity contribution in [3.63, 3.8) is 0 Å². The van der Waals surface area contributed by atoms with Gasteiger partial charge < -0.3 is 19.3 Å². The van der Waals surface area contributed by atoms with Crippen molar-refractivity contribution >= 4 is 39.3 Å². The van der Waals surface area contributed by atoms with E-state index in [0.29, 0.717) is 36.5 Å². The minimum Gasteiger partial charge on any atom is -0.490 e. The first-order valence-electron chi connectivity index (χ1n) is 18.2. The van der Waals surface area contributed by atoms with Crippen LogP contribution >= 0.6 is 11.6 Å². The van der Waals surface area contributed by atoms with Crippen LogP contribution in [0.3, 0.4) is 0 Å². The Bertz CT molecular complexity index is 1750. The van der Waals surface area contributed by atoms with Crippen LogP contribution in [0.25, 0.3) is 0 Å². The summed E-state index contributed by atoms with van der Waals surface area (Å²) >= 11 is 6.48. The number of amides is 2. The fourth-order valence-electron chi connectivity index (χ4n) is 9.09. The first-order valence-corrected chi connectivity index (χ1v) is 20.0. The highest BCUT2D eigenvalue weighted by Crippen LogP contribution is 2.49. The van der Waals surface area contributed by atoms with E-state index in [-0.39, 0.29) is 23.8 Å². The summed E-state index contributed by atoms with van der Waals surface area (Å²) in [5.74, 6) is 1.13. The zero-order valence-electron chi connectivity index (χ0n) is 29.8. The minimum atomic E-state index is -4.11. The van der Waals surface area contributed by atoms with E-state index in [2.05, 4.69) is 21.8 Å². The van der Waals surface area contributed by atoms with Gasteiger partial charge in [-0.15, -0.1) is 0 Å². The topological polar surface area (TPSA) is 108 Å². The van der Waals surface area contributed by atoms with Crippen molar-refractivity contribution in [2.75, 3.05) is 58.9 Å². The molecule has 10 nitrogen and oxygen atoms in total. The van der Waals surface area contributed by atoms with Gasteiger partial charge in [0, 0.05) is 64.2 Å². The molecule has 2 aliphatic carbocycles. The fraction of sp³-hybridized carbons (Fsp3) is 0.632. The Balaban J connectivity index is 1.34. The number of halogens is 1. The highest BCUT2D eigenvalue weighted by atomic mass is 35.5. The quantitative estimate of drug-likeness (QED) is 0.471. The summed E-state index contributed by atoms with van der Waals surface area (Å²) in [5, 5.41) is 0.741. The smallest absolute Gasteiger partial charge is 0.303 e. The highest BCUT2D eigenvalue weighted by molar-refractivity contribution is 7.87. The molecule has 1 saturated heterocycles. The second kappa shape index (κ2) is 13.6. The minimum absolute atomic E-state index is 0.183. The molecule has 2 aromatic rings. The van der Waals surface area contributed by atoms with Crippen molar-refractivity contribution in [3.8, 4) is 5.75 Å². The number of carbonyl (C=O) groups is 2. The summed E-state index contributed by atoms with van der Waals surface area (Å²) in [5.41, 5.74) is 2.25. The number of ether oxygens (including phenoxy) is 2. The number of rotatable bonds is 3. The molecule has 272 valence electrons. The molecule has 50 heavy (non-hydrogen) atoms. The molecule has 0 radical (unpaired) electrons. The average molecular weight is 727 g/mol. The van der Waals surface area contributed by atoms with Gasteiger partial charge in [-0.25, -0.2) is 4.72 Å². The Hall–Kier alpha value is -2.86. The van der Waals surface area contributed by atoms with Crippen molar-refractivity contribution in [2.45, 2.75) is 81.6 Å². The molecular formula is C38H51ClN4O6S. The third-order valence-electron chi connectivity index (χ3n) is 12.5. The van der Waals surface area contributed by atoms with Crippen molar-refractivity contribution in [3.05, 3.63) is 58.1 Å². The lowest BCUT2D eigenvalue weighted by Crippen LogP contribution is -2.51. The number of nitrogens with one attached hydrogen (secondary N) is 1. The Labute approximate surface area is 302 Å². The second-order valence-corrected chi connectivity index (χ2v) is 18.2. The van der Waals surface area contributed by atoms with Gasteiger partial charge >= 0.3 is 10.2 Å². The Morgan fingerprint density at radius 3 is 2.68 bits per heavy atom. The normalized spacial score (nSPS) is 31.6. The Kier molecular flexibility index (Phi) is 9.67. The number of hydrogen-bond donors (Lipinski definition) is 1. The van der Waals surface area contributed by atoms with Crippen LogP contribution in [0.2, 0.25) is 5.02 Å². The molecule has 1 N–H and O–H groups in total. The first-order chi connectivity index (χ1) is 23.8. The Morgan fingerprint density at radius 1 is 1.10 bits per heavy atom. The lowest BCUT2D eigenvalue weighted by atomic mass is 9.67. The molecule has 2 aromatic carbocycles. The van der Waals surface area contributed by atoms with Gasteiger partial charge in [0.25, 0.3) is 0 Å². The van der Waals surface area contributed by atoms with Gasteiger partial charge in [0.2, 0.25) is 11.8 Å². The maximum atomic E-state index is 14.2. The van der Waals surface area contributed by atoms with E-state index in [1.54, 1.807) is 18.9 Å². The van der Waals surface area contributed by atoms with Crippen molar-refractivity contribution in [1.82, 2.24) is 13.9 Å². The third kappa shape index (κ3) is 6.63. The Morgan fingerprint density at radius 2 is 1.92 bits per heavy atom. The molecule has 2 fully saturated rings. The van der Waals surface area contributed by atoms with Gasteiger partial charge in [0.1, 0.15) is 5.75 Å². The first kappa shape index (κ1) is 35.5. The third-order valence-corrected chi connectivity index (χ3v) is 14.2. The molecule has 3 aliphatic heterocycles. The predicted molar refractivity (Wildman–Crippen MR) is 194 cm³/mol. The van der Waals surface area contributed by atoms with E-state index >= 15 is 0 Å². The van der Waals surface area contributed by atoms with Gasteiger partial charge in [-0.3, -0.25) is 9.59 Å². The fourth-order valence-corrected chi connectivity index (χ4v) is 9.92. The van der Waals surface area contributed by atoms with Crippen LogP contribution in [0.15, 0.2) is 36.4 Å². The zero-order chi connectivity index (χ0) is 35.4. The number of nitrogens with zero attached hydrogens (tertiary/aromatic N) is 3. The standard InChI is InChI=1S/C38H51ClN4O6S/c1-37(36(45)40-50(46,47)41(2)3)21-35(44)42(4)16-13-25-14-17-48-34(18-25)30-10-7-27(30)22-43-23-38(24-49-33-12-8-28(37)20-32(33)43)15-5-6-26-19-29(39)9-11-31(26)38/h8-9,11-12,19-20,25,27,30,34H,5-7,10,13-18,21-24H2,1-4H3,(H,40,45)/t25-,27+,30-,34+,37+,38+/m1/s1. The molecule has 3 heterocycles. The lowest BCUT2D eigenvalue weighted by Gasteiger charge is -2.48. The number of hydrogen-bond acceptors (Lipinski definition) is 7. The summed E-state index contributed by atoms with van der Waals surface area (Å²) < 4.78 is 42.3. The van der Waals surface area contributed by atoms with E-state index in [4.69, 9.17) is 21.1 Å². The van der Waals surface area contributed by atoms with Gasteiger partial charge in [-0.2, -0.15) is 12.7 Å². The van der Waals surface area contributed by atoms with Crippen molar-refractivity contribution in [2.24, 2.45) is 17.8 Å². The van der Waals surface area contributed by atoms with E-state index in [9.17, 15) is 18.0 Å². The molecule has 1 saturated carbocycles. The summed E-state index contributed by atoms with van der Waals surface area (Å²) in [6.45, 7) is 5.04. The van der Waals surface area contributed by atoms with E-state index in [0.717, 1.165) is 91.8 Å². The predicted octanol–water partition coefficient (Wildman–Crippen LogP) is 5.07. The number of anilines is 1. The molecular weight excluding hydrogens is 676 g/mol. The summed E-state index contributed by atoms with van der Waals surface area (Å²) in [4.78, 5) is 32.2. The lowest BCUT2D eigenvalue weighted by molar-refractivity contribution is -0.136. The monoisotopic (exact) mass is 726 g/mol. The van der Waals surface area contributed by atoms with Gasteiger partial charge in [0.15, 0.2) is 0 Å². The highest BCUT2D eigenvalue weighted by Gasteiger charge is 2.47. The van der Waals surface area contributed by atoms with Crippen LogP contribution < -0.4 is 14.4 Å². The van der Waals surface area contributed by atoms with E-state index < -0.39 is 21.5 Å². The molecule has 4 bridgehead atoms. The summed E-state index contributed by atoms with van der Waals surface area (Å²) in [7, 11) is 0.409. The number of fused-ring (bicyclic) bond motifs is 7. The SMILES string of the molecule is CN1CC[C@@H]2CCO[C@@H](C2)[C@@H]2CC[C@H]2CN2C[C@@]3(CCCc4cc(Cl)ccc43)COc3ccc(cc32)[C@@](C)(C(=O)NS(=O)(=O)N(C)C)CC1=O. The van der Waals surface area contributed by atoms with Crippen LogP contribution in [-0.4, -0.2) is 89.5 Å². The van der Waals surface area contributed by atoms with Gasteiger partial charge in [-0.1, -0.05) is 23.7 Å². The molecule has 6 atom stereocenters. The number of benzene rings is 2. The molecule has 12 heteroatoms. The van der Waals surface area contributed by atoms with Gasteiger partial charge in [-0.05, 0) is 117 Å². The van der Waals surface area contributed by atoms with Crippen LogP contribution in [0.1, 0.15) is 75.0 Å². The number of aryl methyl sites for hydroxylation is 1. The van der Waals surface area contributed by atoms with E-state index in [1.165, 1.54) is 25.2 Å². The van der Waals surface area contributed by atoms with Crippen molar-refractivity contribution in [1.29, 1.82) is 0 Å². The van der Waals surface area contributed by atoms with E-state index in [1.807, 2.05) is 24.3 Å². The largest absolute Gasteiger partial charge is 0.490 e. The summed E-state index contributed by atoms with van der Waals surface area (Å²) in [6.07, 6.45) is 8.12. The van der Waals surface area contributed by atoms with Crippen LogP contribution in [-0.2, 0) is 41.8 Å². The summed E-state index contributed by atoms with van der Waals surface area (Å²) in [6, 6.07) is 12.0. The van der Waals surface area contributed by atoms with Crippen molar-refractivity contribution < 1.29 is 27.5 Å². The number of carbonyl (C=O) groups excluding carboxylic acids is 2. The van der Waals surface area contributed by atoms with Gasteiger partial charge in [0.05, 0.1) is 23.8 Å². The van der Waals surface area contributed by atoms with Crippen LogP contribution in [0, 0.1) is 17.8 Å². The molecule has 5 aliphatic rings. The second-order valence-electron chi connectivity index (χ2n) is 15.9. The van der Waals surface area contributed by atoms with Crippen LogP contribution in [0.5, 0.6) is 5.75 Å². The zero-order valence-corrected chi connectivity index (χ0v) is 31.3. The van der Waals surface area contributed by atoms with Crippen LogP contribution in [0.4, 0.5) is 5.69 Å². The molecule has 2 amide bonds. The molecule has 7 rings (SSSR count). The molecule has 0 aromatic heterocycles. The maximum Gasteiger partial charge on any atom is 0.303 e. The molecule has 0 unspecified atom stereocenters. The maximum absolute atomic E-state index is 14.2. The average Bonchev–Trinajstić information content (AvgIpc) is 3.21. The molecule has 1 spiro atoms.